The maximum atomic E-state index is 12.1. The quantitative estimate of drug-likeness (QED) is 0.368. The van der Waals surface area contributed by atoms with Crippen LogP contribution in [0.5, 0.6) is 5.75 Å². The molecular formula is C25H26N2O7S. The van der Waals surface area contributed by atoms with E-state index in [1.54, 1.807) is 60.7 Å². The number of carbonyl (C=O) groups excluding carboxylic acids is 1. The van der Waals surface area contributed by atoms with Gasteiger partial charge in [0.2, 0.25) is 10.0 Å². The van der Waals surface area contributed by atoms with Crippen molar-refractivity contribution in [2.45, 2.75) is 25.7 Å². The Bertz CT molecular complexity index is 1250. The van der Waals surface area contributed by atoms with Gasteiger partial charge in [0.05, 0.1) is 11.9 Å². The van der Waals surface area contributed by atoms with Gasteiger partial charge in [-0.2, -0.15) is 0 Å². The van der Waals surface area contributed by atoms with Gasteiger partial charge in [0, 0.05) is 12.5 Å². The van der Waals surface area contributed by atoms with Crippen molar-refractivity contribution in [1.82, 2.24) is 5.32 Å². The highest BCUT2D eigenvalue weighted by Crippen LogP contribution is 2.19. The van der Waals surface area contributed by atoms with Crippen LogP contribution < -0.4 is 14.8 Å². The van der Waals surface area contributed by atoms with Gasteiger partial charge in [0.15, 0.2) is 0 Å². The van der Waals surface area contributed by atoms with E-state index in [4.69, 9.17) is 9.47 Å². The van der Waals surface area contributed by atoms with Gasteiger partial charge in [0.25, 0.3) is 0 Å². The SMILES string of the molecule is CS(=O)(=O)Nc1cccc(OCc2ccc(COC(=O)NC(Cc3ccccc3)C(=O)O)cc2)c1. The van der Waals surface area contributed by atoms with Crippen LogP contribution >= 0.6 is 0 Å². The molecule has 0 saturated carbocycles. The lowest BCUT2D eigenvalue weighted by Crippen LogP contribution is -2.42. The van der Waals surface area contributed by atoms with Gasteiger partial charge >= 0.3 is 12.1 Å². The summed E-state index contributed by atoms with van der Waals surface area (Å²) >= 11 is 0. The van der Waals surface area contributed by atoms with E-state index in [1.807, 2.05) is 18.2 Å². The summed E-state index contributed by atoms with van der Waals surface area (Å²) in [5, 5.41) is 11.8. The highest BCUT2D eigenvalue weighted by molar-refractivity contribution is 7.92. The second kappa shape index (κ2) is 11.9. The number of alkyl carbamates (subject to hydrolysis) is 1. The Kier molecular flexibility index (Phi) is 8.69. The second-order valence-corrected chi connectivity index (χ2v) is 9.56. The highest BCUT2D eigenvalue weighted by Gasteiger charge is 2.21. The van der Waals surface area contributed by atoms with Crippen molar-refractivity contribution in [3.63, 3.8) is 0 Å². The topological polar surface area (TPSA) is 131 Å². The van der Waals surface area contributed by atoms with Crippen molar-refractivity contribution in [3.05, 3.63) is 95.6 Å². The van der Waals surface area contributed by atoms with Gasteiger partial charge in [-0.1, -0.05) is 60.7 Å². The molecule has 0 aliphatic heterocycles. The maximum absolute atomic E-state index is 12.1. The molecular weight excluding hydrogens is 472 g/mol. The summed E-state index contributed by atoms with van der Waals surface area (Å²) < 4.78 is 36.0. The molecule has 184 valence electrons. The Morgan fingerprint density at radius 2 is 1.54 bits per heavy atom. The molecule has 0 aromatic heterocycles. The average Bonchev–Trinajstić information content (AvgIpc) is 2.81. The molecule has 10 heteroatoms. The van der Waals surface area contributed by atoms with E-state index < -0.39 is 28.1 Å². The molecule has 0 bridgehead atoms. The minimum Gasteiger partial charge on any atom is -0.489 e. The molecule has 3 N–H and O–H groups in total. The Morgan fingerprint density at radius 3 is 2.17 bits per heavy atom. The van der Waals surface area contributed by atoms with E-state index in [1.165, 1.54) is 0 Å². The summed E-state index contributed by atoms with van der Waals surface area (Å²) in [5.74, 6) is -0.640. The number of carboxylic acids is 1. The standard InChI is InChI=1S/C25H26N2O7S/c1-35(31,32)27-21-8-5-9-22(15-21)33-16-19-10-12-20(13-11-19)17-34-25(30)26-23(24(28)29)14-18-6-3-2-4-7-18/h2-13,15,23,27H,14,16-17H2,1H3,(H,26,30)(H,28,29). The zero-order chi connectivity index (χ0) is 25.3. The number of carbonyl (C=O) groups is 2. The summed E-state index contributed by atoms with van der Waals surface area (Å²) in [6.45, 7) is 0.230. The number of ether oxygens (including phenoxy) is 2. The Balaban J connectivity index is 1.47. The summed E-state index contributed by atoms with van der Waals surface area (Å²) in [5.41, 5.74) is 2.77. The molecule has 0 saturated heterocycles. The van der Waals surface area contributed by atoms with Gasteiger partial charge < -0.3 is 19.9 Å². The number of nitrogens with one attached hydrogen (secondary N) is 2. The third kappa shape index (κ3) is 9.01. The first-order chi connectivity index (χ1) is 16.7. The van der Waals surface area contributed by atoms with E-state index in [0.717, 1.165) is 22.9 Å². The summed E-state index contributed by atoms with van der Waals surface area (Å²) in [6, 6.07) is 21.7. The molecule has 1 atom stereocenters. The van der Waals surface area contributed by atoms with Crippen LogP contribution in [-0.2, 0) is 39.2 Å². The molecule has 3 aromatic rings. The molecule has 1 unspecified atom stereocenters. The fourth-order valence-corrected chi connectivity index (χ4v) is 3.70. The Hall–Kier alpha value is -4.05. The third-order valence-corrected chi connectivity index (χ3v) is 5.42. The fourth-order valence-electron chi connectivity index (χ4n) is 3.14. The first-order valence-corrected chi connectivity index (χ1v) is 12.6. The van der Waals surface area contributed by atoms with Crippen molar-refractivity contribution < 1.29 is 32.6 Å². The normalized spacial score (nSPS) is 11.8. The van der Waals surface area contributed by atoms with Crippen molar-refractivity contribution in [2.75, 3.05) is 11.0 Å². The number of anilines is 1. The molecule has 3 rings (SSSR count). The van der Waals surface area contributed by atoms with Crippen molar-refractivity contribution in [1.29, 1.82) is 0 Å². The van der Waals surface area contributed by atoms with Crippen LogP contribution in [0, 0.1) is 0 Å². The number of sulfonamides is 1. The van der Waals surface area contributed by atoms with Crippen LogP contribution in [0.3, 0.4) is 0 Å². The molecule has 0 aliphatic carbocycles. The number of hydrogen-bond donors (Lipinski definition) is 3. The van der Waals surface area contributed by atoms with Gasteiger partial charge in [-0.3, -0.25) is 4.72 Å². The Morgan fingerprint density at radius 1 is 0.886 bits per heavy atom. The van der Waals surface area contributed by atoms with Crippen molar-refractivity contribution >= 4 is 27.8 Å². The molecule has 0 radical (unpaired) electrons. The number of rotatable bonds is 11. The maximum Gasteiger partial charge on any atom is 0.408 e. The van der Waals surface area contributed by atoms with Gasteiger partial charge in [0.1, 0.15) is 25.0 Å². The lowest BCUT2D eigenvalue weighted by Gasteiger charge is -2.15. The number of benzene rings is 3. The first kappa shape index (κ1) is 25.6. The van der Waals surface area contributed by atoms with Gasteiger partial charge in [-0.05, 0) is 28.8 Å². The summed E-state index contributed by atoms with van der Waals surface area (Å²) in [7, 11) is -3.38. The molecule has 9 nitrogen and oxygen atoms in total. The third-order valence-electron chi connectivity index (χ3n) is 4.81. The highest BCUT2D eigenvalue weighted by atomic mass is 32.2. The Labute approximate surface area is 203 Å². The lowest BCUT2D eigenvalue weighted by molar-refractivity contribution is -0.139. The van der Waals surface area contributed by atoms with Crippen LogP contribution in [0.2, 0.25) is 0 Å². The lowest BCUT2D eigenvalue weighted by atomic mass is 10.1. The van der Waals surface area contributed by atoms with E-state index in [9.17, 15) is 23.1 Å². The minimum absolute atomic E-state index is 0.0240. The predicted molar refractivity (Wildman–Crippen MR) is 131 cm³/mol. The first-order valence-electron chi connectivity index (χ1n) is 10.7. The molecule has 0 heterocycles. The van der Waals surface area contributed by atoms with Crippen LogP contribution in [0.25, 0.3) is 0 Å². The average molecular weight is 499 g/mol. The van der Waals surface area contributed by atoms with Gasteiger partial charge in [-0.25, -0.2) is 18.0 Å². The molecule has 3 aromatic carbocycles. The number of carboxylic acid groups (broad SMARTS) is 1. The molecule has 1 amide bonds. The largest absolute Gasteiger partial charge is 0.489 e. The zero-order valence-electron chi connectivity index (χ0n) is 19.0. The van der Waals surface area contributed by atoms with Crippen LogP contribution in [0.4, 0.5) is 10.5 Å². The van der Waals surface area contributed by atoms with E-state index in [0.29, 0.717) is 11.4 Å². The van der Waals surface area contributed by atoms with E-state index in [-0.39, 0.29) is 19.6 Å². The molecule has 0 aliphatic rings. The van der Waals surface area contributed by atoms with Crippen LogP contribution in [0.1, 0.15) is 16.7 Å². The van der Waals surface area contributed by atoms with Crippen LogP contribution in [-0.4, -0.2) is 37.9 Å². The van der Waals surface area contributed by atoms with Crippen molar-refractivity contribution in [3.8, 4) is 5.75 Å². The number of aliphatic carboxylic acids is 1. The predicted octanol–water partition coefficient (Wildman–Crippen LogP) is 3.56. The smallest absolute Gasteiger partial charge is 0.408 e. The van der Waals surface area contributed by atoms with Gasteiger partial charge in [-0.15, -0.1) is 0 Å². The summed E-state index contributed by atoms with van der Waals surface area (Å²) in [6.07, 6.45) is 0.404. The van der Waals surface area contributed by atoms with E-state index in [2.05, 4.69) is 10.0 Å². The summed E-state index contributed by atoms with van der Waals surface area (Å²) in [4.78, 5) is 23.6. The molecule has 35 heavy (non-hydrogen) atoms. The number of amides is 1. The fraction of sp³-hybridized carbons (Fsp3) is 0.200. The number of hydrogen-bond acceptors (Lipinski definition) is 6. The molecule has 0 fully saturated rings. The monoisotopic (exact) mass is 498 g/mol. The zero-order valence-corrected chi connectivity index (χ0v) is 19.8. The van der Waals surface area contributed by atoms with Crippen molar-refractivity contribution in [2.24, 2.45) is 0 Å². The van der Waals surface area contributed by atoms with E-state index >= 15 is 0 Å². The second-order valence-electron chi connectivity index (χ2n) is 7.81. The molecule has 0 spiro atoms. The van der Waals surface area contributed by atoms with Crippen LogP contribution in [0.15, 0.2) is 78.9 Å². The minimum atomic E-state index is -3.38.